The second-order valence-electron chi connectivity index (χ2n) is 3.88. The van der Waals surface area contributed by atoms with Gasteiger partial charge in [-0.3, -0.25) is 4.11 Å². The third-order valence-corrected chi connectivity index (χ3v) is 6.75. The monoisotopic (exact) mass is 302 g/mol. The van der Waals surface area contributed by atoms with Gasteiger partial charge in [0.15, 0.2) is 0 Å². The van der Waals surface area contributed by atoms with E-state index in [0.717, 1.165) is 0 Å². The van der Waals surface area contributed by atoms with Crippen LogP contribution in [0.15, 0.2) is 60.7 Å². The maximum absolute atomic E-state index is 15.0. The summed E-state index contributed by atoms with van der Waals surface area (Å²) in [6, 6.07) is 14.6. The van der Waals surface area contributed by atoms with E-state index in [1.165, 1.54) is 48.5 Å². The molecule has 0 aliphatic rings. The van der Waals surface area contributed by atoms with Crippen LogP contribution < -0.4 is 10.4 Å². The SMILES string of the molecule is F[Si](F)(F)O[Si](F)(c1ccccc1)c1ccccc1. The molecule has 0 fully saturated rings. The molecule has 0 unspecified atom stereocenters. The van der Waals surface area contributed by atoms with E-state index < -0.39 is 18.0 Å². The molecule has 0 amide bonds. The second-order valence-corrected chi connectivity index (χ2v) is 7.93. The molecule has 0 saturated carbocycles. The molecular weight excluding hydrogens is 292 g/mol. The molecule has 0 saturated heterocycles. The minimum atomic E-state index is -6.47. The van der Waals surface area contributed by atoms with Crippen LogP contribution in [0.25, 0.3) is 0 Å². The lowest BCUT2D eigenvalue weighted by Crippen LogP contribution is -2.60. The van der Waals surface area contributed by atoms with E-state index in [0.29, 0.717) is 0 Å². The Morgan fingerprint density at radius 2 is 1.00 bits per heavy atom. The molecule has 0 atom stereocenters. The summed E-state index contributed by atoms with van der Waals surface area (Å²) in [5, 5.41) is -0.0722. The van der Waals surface area contributed by atoms with Crippen molar-refractivity contribution in [1.82, 2.24) is 0 Å². The summed E-state index contributed by atoms with van der Waals surface area (Å²) in [6.07, 6.45) is 0. The number of hydrogen-bond acceptors (Lipinski definition) is 1. The van der Waals surface area contributed by atoms with Crippen LogP contribution >= 0.6 is 0 Å². The Morgan fingerprint density at radius 3 is 1.32 bits per heavy atom. The Labute approximate surface area is 110 Å². The topological polar surface area (TPSA) is 9.23 Å². The molecule has 2 rings (SSSR count). The highest BCUT2D eigenvalue weighted by molar-refractivity contribution is 6.95. The van der Waals surface area contributed by atoms with Crippen molar-refractivity contribution in [1.29, 1.82) is 0 Å². The van der Waals surface area contributed by atoms with Crippen LogP contribution in [0.3, 0.4) is 0 Å². The summed E-state index contributed by atoms with van der Waals surface area (Å²) >= 11 is 0. The lowest BCUT2D eigenvalue weighted by molar-refractivity contribution is 0.280. The Kier molecular flexibility index (Phi) is 3.88. The molecule has 19 heavy (non-hydrogen) atoms. The molecule has 2 aromatic rings. The van der Waals surface area contributed by atoms with Gasteiger partial charge in [0.25, 0.3) is 0 Å². The van der Waals surface area contributed by atoms with Gasteiger partial charge in [-0.15, -0.1) is 0 Å². The first-order valence-electron chi connectivity index (χ1n) is 5.49. The average molecular weight is 302 g/mol. The normalized spacial score (nSPS) is 12.4. The van der Waals surface area contributed by atoms with Crippen LogP contribution in [-0.4, -0.2) is 18.0 Å². The van der Waals surface area contributed by atoms with Crippen molar-refractivity contribution in [3.05, 3.63) is 60.7 Å². The highest BCUT2D eigenvalue weighted by Gasteiger charge is 2.55. The van der Waals surface area contributed by atoms with E-state index in [-0.39, 0.29) is 10.4 Å². The standard InChI is InChI=1S/C12H10F4OSi2/c13-18(17-19(14,15)16,11-7-3-1-4-8-11)12-9-5-2-6-10-12/h1-10H. The molecule has 0 aromatic heterocycles. The summed E-state index contributed by atoms with van der Waals surface area (Å²) in [6.45, 7) is 0. The number of benzene rings is 2. The fourth-order valence-corrected chi connectivity index (χ4v) is 5.54. The first-order chi connectivity index (χ1) is 8.92. The van der Waals surface area contributed by atoms with Gasteiger partial charge in [0.2, 0.25) is 0 Å². The van der Waals surface area contributed by atoms with E-state index in [9.17, 15) is 16.4 Å². The Morgan fingerprint density at radius 1 is 0.632 bits per heavy atom. The fraction of sp³-hybridized carbons (Fsp3) is 0. The fourth-order valence-electron chi connectivity index (χ4n) is 1.75. The molecular formula is C12H10F4OSi2. The largest absolute Gasteiger partial charge is 0.794 e. The summed E-state index contributed by atoms with van der Waals surface area (Å²) in [4.78, 5) is 0. The third kappa shape index (κ3) is 3.31. The zero-order chi connectivity index (χ0) is 13.9. The number of rotatable bonds is 4. The van der Waals surface area contributed by atoms with Gasteiger partial charge in [0, 0.05) is 10.4 Å². The van der Waals surface area contributed by atoms with Gasteiger partial charge in [-0.1, -0.05) is 60.7 Å². The van der Waals surface area contributed by atoms with Crippen molar-refractivity contribution in [3.63, 3.8) is 0 Å². The van der Waals surface area contributed by atoms with Crippen molar-refractivity contribution >= 4 is 28.3 Å². The van der Waals surface area contributed by atoms with Crippen LogP contribution in [0, 0.1) is 0 Å². The first kappa shape index (κ1) is 14.0. The van der Waals surface area contributed by atoms with Gasteiger partial charge >= 0.3 is 18.0 Å². The Bertz CT molecular complexity index is 491. The lowest BCUT2D eigenvalue weighted by Gasteiger charge is -2.23. The second kappa shape index (κ2) is 5.27. The lowest BCUT2D eigenvalue weighted by atomic mass is 10.4. The Balaban J connectivity index is 2.51. The molecule has 0 spiro atoms. The zero-order valence-corrected chi connectivity index (χ0v) is 11.7. The van der Waals surface area contributed by atoms with Crippen LogP contribution in [-0.2, 0) is 4.12 Å². The first-order valence-corrected chi connectivity index (χ1v) is 8.81. The summed E-state index contributed by atoms with van der Waals surface area (Å²) in [5.74, 6) is 0. The van der Waals surface area contributed by atoms with E-state index >= 15 is 0 Å². The van der Waals surface area contributed by atoms with Gasteiger partial charge in [-0.2, -0.15) is 0 Å². The van der Waals surface area contributed by atoms with Gasteiger partial charge in [0.05, 0.1) is 0 Å². The van der Waals surface area contributed by atoms with E-state index in [2.05, 4.69) is 4.12 Å². The highest BCUT2D eigenvalue weighted by Crippen LogP contribution is 2.19. The molecule has 100 valence electrons. The minimum absolute atomic E-state index is 0.0361. The van der Waals surface area contributed by atoms with Crippen molar-refractivity contribution in [2.75, 3.05) is 0 Å². The maximum atomic E-state index is 15.0. The summed E-state index contributed by atoms with van der Waals surface area (Å²) < 4.78 is 56.9. The van der Waals surface area contributed by atoms with Crippen molar-refractivity contribution in [2.45, 2.75) is 0 Å². The molecule has 0 bridgehead atoms. The van der Waals surface area contributed by atoms with Gasteiger partial charge < -0.3 is 4.12 Å². The summed E-state index contributed by atoms with van der Waals surface area (Å²) in [7, 11) is -11.2. The molecule has 0 radical (unpaired) electrons. The van der Waals surface area contributed by atoms with Crippen molar-refractivity contribution in [2.24, 2.45) is 0 Å². The number of hydrogen-bond donors (Lipinski definition) is 0. The quantitative estimate of drug-likeness (QED) is 0.479. The molecule has 0 aliphatic heterocycles. The number of halogens is 4. The van der Waals surface area contributed by atoms with E-state index in [1.54, 1.807) is 12.1 Å². The maximum Gasteiger partial charge on any atom is 0.794 e. The Hall–Kier alpha value is -1.45. The minimum Gasteiger partial charge on any atom is -0.351 e. The zero-order valence-electron chi connectivity index (χ0n) is 9.69. The molecule has 0 heterocycles. The predicted octanol–water partition coefficient (Wildman–Crippen LogP) is 2.57. The molecule has 1 nitrogen and oxygen atoms in total. The van der Waals surface area contributed by atoms with Crippen LogP contribution in [0.4, 0.5) is 16.4 Å². The van der Waals surface area contributed by atoms with Gasteiger partial charge in [-0.25, -0.2) is 12.3 Å². The van der Waals surface area contributed by atoms with Crippen molar-refractivity contribution < 1.29 is 20.5 Å². The van der Waals surface area contributed by atoms with Crippen LogP contribution in [0.2, 0.25) is 0 Å². The van der Waals surface area contributed by atoms with Crippen LogP contribution in [0.1, 0.15) is 0 Å². The van der Waals surface area contributed by atoms with Crippen LogP contribution in [0.5, 0.6) is 0 Å². The third-order valence-electron chi connectivity index (χ3n) is 2.55. The van der Waals surface area contributed by atoms with Gasteiger partial charge in [-0.05, 0) is 0 Å². The molecule has 7 heteroatoms. The molecule has 0 aliphatic carbocycles. The average Bonchev–Trinajstić information content (AvgIpc) is 2.39. The smallest absolute Gasteiger partial charge is 0.351 e. The molecule has 0 N–H and O–H groups in total. The van der Waals surface area contributed by atoms with E-state index in [1.807, 2.05) is 0 Å². The van der Waals surface area contributed by atoms with Gasteiger partial charge in [0.1, 0.15) is 0 Å². The van der Waals surface area contributed by atoms with E-state index in [4.69, 9.17) is 0 Å². The molecule has 2 aromatic carbocycles. The van der Waals surface area contributed by atoms with Crippen molar-refractivity contribution in [3.8, 4) is 0 Å². The highest BCUT2D eigenvalue weighted by atomic mass is 28.5. The predicted molar refractivity (Wildman–Crippen MR) is 69.2 cm³/mol. The summed E-state index contributed by atoms with van der Waals surface area (Å²) in [5.41, 5.74) is 0.